The van der Waals surface area contributed by atoms with Gasteiger partial charge in [-0.3, -0.25) is 4.79 Å². The van der Waals surface area contributed by atoms with Gasteiger partial charge in [0.25, 0.3) is 0 Å². The first-order chi connectivity index (χ1) is 9.45. The van der Waals surface area contributed by atoms with Gasteiger partial charge in [0.1, 0.15) is 17.9 Å². The molecule has 6 nitrogen and oxygen atoms in total. The molecule has 0 saturated carbocycles. The lowest BCUT2D eigenvalue weighted by molar-refractivity contribution is -0.124. The Labute approximate surface area is 122 Å². The van der Waals surface area contributed by atoms with E-state index in [2.05, 4.69) is 4.98 Å². The normalized spacial score (nSPS) is 22.4. The minimum atomic E-state index is -0.624. The number of hydrogen-bond acceptors (Lipinski definition) is 5. The Balaban J connectivity index is 2.46. The number of nitrogens with zero attached hydrogens (tertiary/aromatic N) is 3. The van der Waals surface area contributed by atoms with Crippen LogP contribution in [0.4, 0.5) is 5.82 Å². The number of carbonyl (C=O) groups excluding carboxylic acids is 1. The first-order valence-electron chi connectivity index (χ1n) is 6.20. The number of morpholine rings is 1. The molecule has 20 heavy (non-hydrogen) atoms. The van der Waals surface area contributed by atoms with Crippen molar-refractivity contribution >= 4 is 23.3 Å². The molecule has 2 rings (SSSR count). The van der Waals surface area contributed by atoms with E-state index in [9.17, 15) is 4.79 Å². The van der Waals surface area contributed by atoms with Crippen LogP contribution in [0.2, 0.25) is 5.02 Å². The van der Waals surface area contributed by atoms with Crippen molar-refractivity contribution in [3.05, 3.63) is 22.3 Å². The number of hydrogen-bond donors (Lipinski definition) is 1. The molecule has 0 radical (unpaired) electrons. The Morgan fingerprint density at radius 3 is 3.00 bits per heavy atom. The molecular weight excluding hydrogens is 280 g/mol. The van der Waals surface area contributed by atoms with Crippen molar-refractivity contribution in [2.45, 2.75) is 26.0 Å². The Bertz CT molecular complexity index is 584. The van der Waals surface area contributed by atoms with E-state index in [-0.39, 0.29) is 6.10 Å². The second-order valence-corrected chi connectivity index (χ2v) is 5.06. The zero-order chi connectivity index (χ0) is 14.9. The Hall–Kier alpha value is -1.84. The molecule has 0 aliphatic carbocycles. The molecule has 0 aromatic carbocycles. The zero-order valence-corrected chi connectivity index (χ0v) is 12.0. The number of pyridine rings is 1. The zero-order valence-electron chi connectivity index (χ0n) is 11.3. The summed E-state index contributed by atoms with van der Waals surface area (Å²) >= 11 is 6.18. The molecule has 1 aromatic rings. The second kappa shape index (κ2) is 5.65. The molecule has 106 valence electrons. The highest BCUT2D eigenvalue weighted by molar-refractivity contribution is 6.33. The predicted octanol–water partition coefficient (Wildman–Crippen LogP) is 0.994. The second-order valence-electron chi connectivity index (χ2n) is 4.66. The number of aromatic nitrogens is 1. The lowest BCUT2D eigenvalue weighted by Gasteiger charge is -2.39. The molecule has 1 saturated heterocycles. The summed E-state index contributed by atoms with van der Waals surface area (Å²) in [5, 5.41) is 9.30. The minimum absolute atomic E-state index is 0.326. The maximum Gasteiger partial charge on any atom is 0.242 e. The molecule has 1 aliphatic heterocycles. The summed E-state index contributed by atoms with van der Waals surface area (Å²) in [5.74, 6) is -0.0285. The van der Waals surface area contributed by atoms with Gasteiger partial charge in [-0.25, -0.2) is 4.98 Å². The predicted molar refractivity (Wildman–Crippen MR) is 74.4 cm³/mol. The highest BCUT2D eigenvalue weighted by Crippen LogP contribution is 2.29. The van der Waals surface area contributed by atoms with Crippen LogP contribution in [0, 0.1) is 18.3 Å². The van der Waals surface area contributed by atoms with Crippen LogP contribution in [0.5, 0.6) is 0 Å². The fourth-order valence-electron chi connectivity index (χ4n) is 2.33. The Kier molecular flexibility index (Phi) is 4.12. The van der Waals surface area contributed by atoms with E-state index in [1.165, 1.54) is 0 Å². The number of nitriles is 1. The monoisotopic (exact) mass is 294 g/mol. The smallest absolute Gasteiger partial charge is 0.242 e. The van der Waals surface area contributed by atoms with E-state index in [1.807, 2.05) is 6.07 Å². The van der Waals surface area contributed by atoms with Crippen LogP contribution in [0.15, 0.2) is 6.07 Å². The van der Waals surface area contributed by atoms with Gasteiger partial charge in [-0.15, -0.1) is 0 Å². The number of aryl methyl sites for hydroxylation is 1. The van der Waals surface area contributed by atoms with Crippen LogP contribution in [0.3, 0.4) is 0 Å². The summed E-state index contributed by atoms with van der Waals surface area (Å²) in [4.78, 5) is 17.7. The van der Waals surface area contributed by atoms with Gasteiger partial charge < -0.3 is 15.4 Å². The fourth-order valence-corrected chi connectivity index (χ4v) is 2.59. The lowest BCUT2D eigenvalue weighted by atomic mass is 10.1. The van der Waals surface area contributed by atoms with E-state index >= 15 is 0 Å². The average Bonchev–Trinajstić information content (AvgIpc) is 2.40. The van der Waals surface area contributed by atoms with E-state index in [4.69, 9.17) is 27.3 Å². The number of carbonyl (C=O) groups is 1. The third kappa shape index (κ3) is 2.55. The molecule has 2 N–H and O–H groups in total. The quantitative estimate of drug-likeness (QED) is 0.878. The maximum absolute atomic E-state index is 11.6. The van der Waals surface area contributed by atoms with Crippen LogP contribution in [-0.4, -0.2) is 36.2 Å². The van der Waals surface area contributed by atoms with Crippen LogP contribution in [0.1, 0.15) is 18.2 Å². The molecule has 1 fully saturated rings. The van der Waals surface area contributed by atoms with Crippen LogP contribution >= 0.6 is 11.6 Å². The van der Waals surface area contributed by atoms with Crippen LogP contribution < -0.4 is 10.6 Å². The van der Waals surface area contributed by atoms with Gasteiger partial charge in [-0.1, -0.05) is 11.6 Å². The van der Waals surface area contributed by atoms with Gasteiger partial charge in [0.2, 0.25) is 5.91 Å². The Morgan fingerprint density at radius 2 is 2.40 bits per heavy atom. The van der Waals surface area contributed by atoms with E-state index in [0.29, 0.717) is 35.2 Å². The summed E-state index contributed by atoms with van der Waals surface area (Å²) in [5.41, 5.74) is 6.42. The number of primary amides is 1. The summed E-state index contributed by atoms with van der Waals surface area (Å²) < 4.78 is 5.45. The van der Waals surface area contributed by atoms with Gasteiger partial charge in [0.05, 0.1) is 29.0 Å². The Morgan fingerprint density at radius 1 is 1.70 bits per heavy atom. The summed E-state index contributed by atoms with van der Waals surface area (Å²) in [6.45, 7) is 4.44. The molecular formula is C13H15ClN4O2. The van der Waals surface area contributed by atoms with Crippen molar-refractivity contribution in [3.63, 3.8) is 0 Å². The molecule has 0 spiro atoms. The van der Waals surface area contributed by atoms with Crippen molar-refractivity contribution in [2.75, 3.05) is 18.1 Å². The van der Waals surface area contributed by atoms with Crippen molar-refractivity contribution in [1.82, 2.24) is 4.98 Å². The first-order valence-corrected chi connectivity index (χ1v) is 6.58. The largest absolute Gasteiger partial charge is 0.374 e. The summed E-state index contributed by atoms with van der Waals surface area (Å²) in [6.07, 6.45) is -0.338. The van der Waals surface area contributed by atoms with Crippen molar-refractivity contribution < 1.29 is 9.53 Å². The highest BCUT2D eigenvalue weighted by atomic mass is 35.5. The van der Waals surface area contributed by atoms with Gasteiger partial charge in [-0.05, 0) is 19.9 Å². The SMILES string of the molecule is Cc1nc(N2CCO[C@H](C)[C@H]2C(N)=O)c(Cl)cc1C#N. The maximum atomic E-state index is 11.6. The number of halogens is 1. The molecule has 2 atom stereocenters. The topological polar surface area (TPSA) is 92.2 Å². The number of anilines is 1. The molecule has 1 amide bonds. The molecule has 1 aliphatic rings. The van der Waals surface area contributed by atoms with Gasteiger partial charge in [0.15, 0.2) is 0 Å². The lowest BCUT2D eigenvalue weighted by Crippen LogP contribution is -2.57. The van der Waals surface area contributed by atoms with E-state index in [1.54, 1.807) is 24.8 Å². The van der Waals surface area contributed by atoms with Crippen LogP contribution in [-0.2, 0) is 9.53 Å². The molecule has 0 unspecified atom stereocenters. The van der Waals surface area contributed by atoms with Crippen molar-refractivity contribution in [3.8, 4) is 6.07 Å². The average molecular weight is 295 g/mol. The highest BCUT2D eigenvalue weighted by Gasteiger charge is 2.35. The molecule has 2 heterocycles. The van der Waals surface area contributed by atoms with Gasteiger partial charge >= 0.3 is 0 Å². The summed E-state index contributed by atoms with van der Waals surface area (Å²) in [6, 6.07) is 2.96. The van der Waals surface area contributed by atoms with Crippen molar-refractivity contribution in [2.24, 2.45) is 5.73 Å². The molecule has 7 heteroatoms. The number of nitrogens with two attached hydrogens (primary N) is 1. The minimum Gasteiger partial charge on any atom is -0.374 e. The van der Waals surface area contributed by atoms with Gasteiger partial charge in [0, 0.05) is 6.54 Å². The van der Waals surface area contributed by atoms with Crippen molar-refractivity contribution in [1.29, 1.82) is 5.26 Å². The first kappa shape index (κ1) is 14.6. The fraction of sp³-hybridized carbons (Fsp3) is 0.462. The summed E-state index contributed by atoms with van der Waals surface area (Å²) in [7, 11) is 0. The van der Waals surface area contributed by atoms with E-state index < -0.39 is 11.9 Å². The van der Waals surface area contributed by atoms with Crippen LogP contribution in [0.25, 0.3) is 0 Å². The molecule has 1 aromatic heterocycles. The van der Waals surface area contributed by atoms with E-state index in [0.717, 1.165) is 0 Å². The number of amides is 1. The number of ether oxygens (including phenoxy) is 1. The number of rotatable bonds is 2. The van der Waals surface area contributed by atoms with Gasteiger partial charge in [-0.2, -0.15) is 5.26 Å². The third-order valence-electron chi connectivity index (χ3n) is 3.33. The standard InChI is InChI=1S/C13H15ClN4O2/c1-7-9(6-15)5-10(14)13(17-7)18-3-4-20-8(2)11(18)12(16)19/h5,8,11H,3-4H2,1-2H3,(H2,16,19)/t8-,11+/m1/s1. The molecule has 0 bridgehead atoms. The third-order valence-corrected chi connectivity index (χ3v) is 3.60.